The first-order valence-electron chi connectivity index (χ1n) is 10.8. The SMILES string of the molecule is Cc1nc(-c2cc(C)n(CC(=O)NCc3c(C)nn(Cc4ccccc4)c3C)c2C)cs1. The van der Waals surface area contributed by atoms with E-state index in [2.05, 4.69) is 50.5 Å². The van der Waals surface area contributed by atoms with Crippen molar-refractivity contribution in [2.45, 2.75) is 54.3 Å². The number of hydrogen-bond donors (Lipinski definition) is 1. The maximum atomic E-state index is 12.8. The lowest BCUT2D eigenvalue weighted by atomic mass is 10.2. The minimum Gasteiger partial charge on any atom is -0.350 e. The highest BCUT2D eigenvalue weighted by Crippen LogP contribution is 2.28. The molecular formula is C25H29N5OS. The third-order valence-electron chi connectivity index (χ3n) is 5.94. The fourth-order valence-corrected chi connectivity index (χ4v) is 4.69. The standard InChI is InChI=1S/C25H29N5OS/c1-16-11-22(24-15-32-20(5)27-24)18(3)29(16)14-25(31)26-12-23-17(2)28-30(19(23)4)13-21-9-7-6-8-10-21/h6-11,15H,12-14H2,1-5H3,(H,26,31). The number of nitrogens with one attached hydrogen (secondary N) is 1. The highest BCUT2D eigenvalue weighted by molar-refractivity contribution is 7.09. The van der Waals surface area contributed by atoms with Gasteiger partial charge in [-0.05, 0) is 46.2 Å². The van der Waals surface area contributed by atoms with E-state index < -0.39 is 0 Å². The largest absolute Gasteiger partial charge is 0.350 e. The summed E-state index contributed by atoms with van der Waals surface area (Å²) in [5.74, 6) is -0.0117. The van der Waals surface area contributed by atoms with Gasteiger partial charge in [-0.15, -0.1) is 11.3 Å². The van der Waals surface area contributed by atoms with E-state index in [4.69, 9.17) is 0 Å². The van der Waals surface area contributed by atoms with E-state index in [-0.39, 0.29) is 12.5 Å². The van der Waals surface area contributed by atoms with Crippen molar-refractivity contribution >= 4 is 17.2 Å². The number of hydrogen-bond acceptors (Lipinski definition) is 4. The smallest absolute Gasteiger partial charge is 0.240 e. The van der Waals surface area contributed by atoms with E-state index in [1.54, 1.807) is 11.3 Å². The van der Waals surface area contributed by atoms with Crippen LogP contribution in [0, 0.1) is 34.6 Å². The molecule has 4 aromatic rings. The Labute approximate surface area is 192 Å². The number of carbonyl (C=O) groups excluding carboxylic acids is 1. The lowest BCUT2D eigenvalue weighted by molar-refractivity contribution is -0.121. The number of nitrogens with zero attached hydrogens (tertiary/aromatic N) is 4. The second kappa shape index (κ2) is 9.12. The quantitative estimate of drug-likeness (QED) is 0.446. The molecule has 0 bridgehead atoms. The van der Waals surface area contributed by atoms with Crippen LogP contribution in [0.5, 0.6) is 0 Å². The van der Waals surface area contributed by atoms with Crippen molar-refractivity contribution in [1.82, 2.24) is 24.6 Å². The fraction of sp³-hybridized carbons (Fsp3) is 0.320. The molecule has 0 radical (unpaired) electrons. The molecule has 32 heavy (non-hydrogen) atoms. The monoisotopic (exact) mass is 447 g/mol. The van der Waals surface area contributed by atoms with Gasteiger partial charge in [0.05, 0.1) is 22.9 Å². The Morgan fingerprint density at radius 3 is 2.50 bits per heavy atom. The van der Waals surface area contributed by atoms with Gasteiger partial charge in [0.25, 0.3) is 0 Å². The Morgan fingerprint density at radius 1 is 1.06 bits per heavy atom. The van der Waals surface area contributed by atoms with Gasteiger partial charge in [0.2, 0.25) is 5.91 Å². The summed E-state index contributed by atoms with van der Waals surface area (Å²) in [5.41, 5.74) is 8.51. The minimum atomic E-state index is -0.0117. The molecule has 0 aliphatic carbocycles. The molecule has 3 aromatic heterocycles. The van der Waals surface area contributed by atoms with Crippen LogP contribution in [0.3, 0.4) is 0 Å². The van der Waals surface area contributed by atoms with E-state index in [1.807, 2.05) is 50.6 Å². The Balaban J connectivity index is 1.43. The van der Waals surface area contributed by atoms with E-state index in [0.29, 0.717) is 6.54 Å². The second-order valence-electron chi connectivity index (χ2n) is 8.19. The number of aryl methyl sites for hydroxylation is 3. The van der Waals surface area contributed by atoms with Gasteiger partial charge in [0.1, 0.15) is 6.54 Å². The van der Waals surface area contributed by atoms with E-state index in [1.165, 1.54) is 5.56 Å². The zero-order chi connectivity index (χ0) is 22.8. The fourth-order valence-electron chi connectivity index (χ4n) is 4.08. The van der Waals surface area contributed by atoms with Crippen LogP contribution in [0.25, 0.3) is 11.3 Å². The Morgan fingerprint density at radius 2 is 1.81 bits per heavy atom. The van der Waals surface area contributed by atoms with Crippen LogP contribution in [-0.4, -0.2) is 25.2 Å². The zero-order valence-electron chi connectivity index (χ0n) is 19.3. The number of rotatable bonds is 7. The topological polar surface area (TPSA) is 64.7 Å². The summed E-state index contributed by atoms with van der Waals surface area (Å²) in [4.78, 5) is 17.4. The van der Waals surface area contributed by atoms with Gasteiger partial charge in [-0.1, -0.05) is 30.3 Å². The Bertz CT molecular complexity index is 1250. The van der Waals surface area contributed by atoms with Crippen LogP contribution in [0.4, 0.5) is 0 Å². The molecule has 1 N–H and O–H groups in total. The summed E-state index contributed by atoms with van der Waals surface area (Å²) < 4.78 is 4.06. The highest BCUT2D eigenvalue weighted by atomic mass is 32.1. The van der Waals surface area contributed by atoms with Crippen LogP contribution in [0.15, 0.2) is 41.8 Å². The molecule has 0 saturated carbocycles. The molecule has 0 saturated heterocycles. The maximum absolute atomic E-state index is 12.8. The van der Waals surface area contributed by atoms with Crippen molar-refractivity contribution in [3.8, 4) is 11.3 Å². The molecule has 3 heterocycles. The van der Waals surface area contributed by atoms with E-state index in [9.17, 15) is 4.79 Å². The van der Waals surface area contributed by atoms with Crippen molar-refractivity contribution in [1.29, 1.82) is 0 Å². The predicted octanol–water partition coefficient (Wildman–Crippen LogP) is 4.71. The maximum Gasteiger partial charge on any atom is 0.240 e. The Hall–Kier alpha value is -3.19. The number of benzene rings is 1. The molecule has 1 amide bonds. The van der Waals surface area contributed by atoms with Crippen LogP contribution in [0.1, 0.15) is 38.9 Å². The molecule has 1 aromatic carbocycles. The summed E-state index contributed by atoms with van der Waals surface area (Å²) in [6.07, 6.45) is 0. The van der Waals surface area contributed by atoms with Gasteiger partial charge in [-0.3, -0.25) is 9.48 Å². The van der Waals surface area contributed by atoms with E-state index in [0.717, 1.165) is 51.1 Å². The van der Waals surface area contributed by atoms with Gasteiger partial charge in [0.15, 0.2) is 0 Å². The molecule has 0 aliphatic heterocycles. The molecule has 0 spiro atoms. The zero-order valence-corrected chi connectivity index (χ0v) is 20.1. The van der Waals surface area contributed by atoms with Crippen LogP contribution in [-0.2, 0) is 24.4 Å². The Kier molecular flexibility index (Phi) is 6.28. The molecule has 0 unspecified atom stereocenters. The third-order valence-corrected chi connectivity index (χ3v) is 6.71. The van der Waals surface area contributed by atoms with Crippen molar-refractivity contribution < 1.29 is 4.79 Å². The second-order valence-corrected chi connectivity index (χ2v) is 9.25. The first-order valence-corrected chi connectivity index (χ1v) is 11.6. The minimum absolute atomic E-state index is 0.0117. The normalized spacial score (nSPS) is 11.2. The third kappa shape index (κ3) is 4.53. The number of thiazole rings is 1. The molecule has 0 fully saturated rings. The van der Waals surface area contributed by atoms with Gasteiger partial charge >= 0.3 is 0 Å². The van der Waals surface area contributed by atoms with Crippen molar-refractivity contribution in [2.75, 3.05) is 0 Å². The lowest BCUT2D eigenvalue weighted by Crippen LogP contribution is -2.28. The van der Waals surface area contributed by atoms with E-state index >= 15 is 0 Å². The van der Waals surface area contributed by atoms with Crippen molar-refractivity contribution in [3.05, 3.63) is 80.7 Å². The summed E-state index contributed by atoms with van der Waals surface area (Å²) in [6.45, 7) is 11.6. The average molecular weight is 448 g/mol. The summed E-state index contributed by atoms with van der Waals surface area (Å²) in [5, 5.41) is 10.9. The van der Waals surface area contributed by atoms with Gasteiger partial charge < -0.3 is 9.88 Å². The summed E-state index contributed by atoms with van der Waals surface area (Å²) in [7, 11) is 0. The molecular weight excluding hydrogens is 418 g/mol. The van der Waals surface area contributed by atoms with Gasteiger partial charge in [-0.2, -0.15) is 5.10 Å². The van der Waals surface area contributed by atoms with Crippen LogP contribution < -0.4 is 5.32 Å². The first-order chi connectivity index (χ1) is 15.3. The first kappa shape index (κ1) is 22.0. The molecule has 6 nitrogen and oxygen atoms in total. The average Bonchev–Trinajstić information content (AvgIpc) is 3.39. The number of aromatic nitrogens is 4. The summed E-state index contributed by atoms with van der Waals surface area (Å²) in [6, 6.07) is 12.4. The van der Waals surface area contributed by atoms with Gasteiger partial charge in [-0.25, -0.2) is 4.98 Å². The van der Waals surface area contributed by atoms with Crippen LogP contribution >= 0.6 is 11.3 Å². The highest BCUT2D eigenvalue weighted by Gasteiger charge is 2.17. The molecule has 0 aliphatic rings. The summed E-state index contributed by atoms with van der Waals surface area (Å²) >= 11 is 1.64. The number of carbonyl (C=O) groups is 1. The molecule has 166 valence electrons. The van der Waals surface area contributed by atoms with Crippen LogP contribution in [0.2, 0.25) is 0 Å². The molecule has 0 atom stereocenters. The van der Waals surface area contributed by atoms with Gasteiger partial charge in [0, 0.05) is 40.1 Å². The van der Waals surface area contributed by atoms with Crippen molar-refractivity contribution in [3.63, 3.8) is 0 Å². The van der Waals surface area contributed by atoms with Crippen molar-refractivity contribution in [2.24, 2.45) is 0 Å². The molecule has 4 rings (SSSR count). The lowest BCUT2D eigenvalue weighted by Gasteiger charge is -2.11. The predicted molar refractivity (Wildman–Crippen MR) is 129 cm³/mol. The number of amides is 1. The molecule has 7 heteroatoms.